The zero-order valence-corrected chi connectivity index (χ0v) is 11.6. The minimum absolute atomic E-state index is 0.0250. The summed E-state index contributed by atoms with van der Waals surface area (Å²) >= 11 is 0. The summed E-state index contributed by atoms with van der Waals surface area (Å²) in [5.74, 6) is 0.0250. The first-order chi connectivity index (χ1) is 8.56. The monoisotopic (exact) mass is 248 g/mol. The molecule has 0 amide bonds. The van der Waals surface area contributed by atoms with Crippen molar-refractivity contribution >= 4 is 11.0 Å². The molecule has 1 N–H and O–H groups in total. The zero-order valence-electron chi connectivity index (χ0n) is 11.6. The number of aryl methyl sites for hydroxylation is 2. The molecule has 0 radical (unpaired) electrons. The Bertz CT molecular complexity index is 609. The summed E-state index contributed by atoms with van der Waals surface area (Å²) in [4.78, 5) is 11.5. The second-order valence-corrected chi connectivity index (χ2v) is 3.94. The van der Waals surface area contributed by atoms with E-state index in [4.69, 9.17) is 4.42 Å². The van der Waals surface area contributed by atoms with Gasteiger partial charge in [-0.2, -0.15) is 0 Å². The fourth-order valence-electron chi connectivity index (χ4n) is 1.90. The van der Waals surface area contributed by atoms with Crippen molar-refractivity contribution in [3.05, 3.63) is 39.2 Å². The number of rotatable bonds is 1. The molecule has 1 aromatic heterocycles. The van der Waals surface area contributed by atoms with E-state index >= 15 is 0 Å². The smallest absolute Gasteiger partial charge is 0.342 e. The van der Waals surface area contributed by atoms with Gasteiger partial charge in [0.15, 0.2) is 0 Å². The van der Waals surface area contributed by atoms with Crippen LogP contribution in [-0.4, -0.2) is 5.11 Å². The number of hydrogen-bond donors (Lipinski definition) is 1. The van der Waals surface area contributed by atoms with Gasteiger partial charge < -0.3 is 9.52 Å². The van der Waals surface area contributed by atoms with E-state index in [1.807, 2.05) is 33.8 Å². The lowest BCUT2D eigenvalue weighted by atomic mass is 10.0. The predicted octanol–water partition coefficient (Wildman–Crippen LogP) is 3.70. The van der Waals surface area contributed by atoms with Gasteiger partial charge in [-0.1, -0.05) is 26.8 Å². The standard InChI is InChI=1S/C13H14O3.C2H6/c1-4-9-5-6-10-11(14)8(3)13(15)16-12(10)7(9)2;1-2/h5-6,14H,4H2,1-3H3;1-2H3. The van der Waals surface area contributed by atoms with Crippen molar-refractivity contribution in [3.63, 3.8) is 0 Å². The van der Waals surface area contributed by atoms with Crippen LogP contribution in [0.15, 0.2) is 21.3 Å². The van der Waals surface area contributed by atoms with Gasteiger partial charge >= 0.3 is 5.63 Å². The Morgan fingerprint density at radius 2 is 1.78 bits per heavy atom. The van der Waals surface area contributed by atoms with Crippen LogP contribution in [0.4, 0.5) is 0 Å². The molecule has 0 unspecified atom stereocenters. The van der Waals surface area contributed by atoms with Crippen molar-refractivity contribution in [2.45, 2.75) is 41.0 Å². The molecule has 98 valence electrons. The van der Waals surface area contributed by atoms with Gasteiger partial charge in [0.05, 0.1) is 10.9 Å². The highest BCUT2D eigenvalue weighted by atomic mass is 16.4. The molecule has 3 heteroatoms. The molecule has 0 atom stereocenters. The van der Waals surface area contributed by atoms with Gasteiger partial charge in [-0.05, 0) is 37.5 Å². The van der Waals surface area contributed by atoms with Crippen molar-refractivity contribution in [2.24, 2.45) is 0 Å². The topological polar surface area (TPSA) is 50.4 Å². The molecule has 3 nitrogen and oxygen atoms in total. The summed E-state index contributed by atoms with van der Waals surface area (Å²) in [5, 5.41) is 10.5. The summed E-state index contributed by atoms with van der Waals surface area (Å²) in [7, 11) is 0. The van der Waals surface area contributed by atoms with Gasteiger partial charge in [0, 0.05) is 0 Å². The third-order valence-electron chi connectivity index (χ3n) is 3.01. The third-order valence-corrected chi connectivity index (χ3v) is 3.01. The minimum atomic E-state index is -0.471. The zero-order chi connectivity index (χ0) is 13.9. The molecule has 0 aliphatic heterocycles. The Hall–Kier alpha value is -1.77. The maximum absolute atomic E-state index is 11.5. The molecule has 0 bridgehead atoms. The van der Waals surface area contributed by atoms with Gasteiger partial charge in [-0.3, -0.25) is 0 Å². The van der Waals surface area contributed by atoms with E-state index in [0.29, 0.717) is 11.0 Å². The van der Waals surface area contributed by atoms with Crippen LogP contribution in [-0.2, 0) is 6.42 Å². The van der Waals surface area contributed by atoms with Crippen molar-refractivity contribution in [3.8, 4) is 5.75 Å². The van der Waals surface area contributed by atoms with Crippen molar-refractivity contribution in [1.29, 1.82) is 0 Å². The predicted molar refractivity (Wildman–Crippen MR) is 74.3 cm³/mol. The van der Waals surface area contributed by atoms with E-state index in [0.717, 1.165) is 17.5 Å². The van der Waals surface area contributed by atoms with E-state index in [2.05, 4.69) is 0 Å². The van der Waals surface area contributed by atoms with Crippen LogP contribution < -0.4 is 5.63 Å². The lowest BCUT2D eigenvalue weighted by molar-refractivity contribution is 0.461. The van der Waals surface area contributed by atoms with Crippen LogP contribution in [0.5, 0.6) is 5.75 Å². The molecule has 18 heavy (non-hydrogen) atoms. The van der Waals surface area contributed by atoms with E-state index in [9.17, 15) is 9.90 Å². The van der Waals surface area contributed by atoms with E-state index in [-0.39, 0.29) is 11.3 Å². The SMILES string of the molecule is CC.CCc1ccc2c(O)c(C)c(=O)oc2c1C. The number of fused-ring (bicyclic) bond motifs is 1. The van der Waals surface area contributed by atoms with Crippen LogP contribution in [0.25, 0.3) is 11.0 Å². The van der Waals surface area contributed by atoms with Crippen molar-refractivity contribution in [1.82, 2.24) is 0 Å². The third kappa shape index (κ3) is 2.26. The van der Waals surface area contributed by atoms with Crippen LogP contribution in [0.1, 0.15) is 37.5 Å². The molecule has 2 rings (SSSR count). The van der Waals surface area contributed by atoms with Gasteiger partial charge in [0.2, 0.25) is 0 Å². The van der Waals surface area contributed by atoms with Gasteiger partial charge in [0.25, 0.3) is 0 Å². The fourth-order valence-corrected chi connectivity index (χ4v) is 1.90. The largest absolute Gasteiger partial charge is 0.507 e. The highest BCUT2D eigenvalue weighted by Crippen LogP contribution is 2.29. The molecule has 1 heterocycles. The van der Waals surface area contributed by atoms with Crippen LogP contribution in [0.3, 0.4) is 0 Å². The first-order valence-corrected chi connectivity index (χ1v) is 6.31. The Kier molecular flexibility index (Phi) is 4.54. The van der Waals surface area contributed by atoms with Gasteiger partial charge in [-0.15, -0.1) is 0 Å². The van der Waals surface area contributed by atoms with E-state index < -0.39 is 5.63 Å². The highest BCUT2D eigenvalue weighted by molar-refractivity contribution is 5.87. The average Bonchev–Trinajstić information content (AvgIpc) is 2.40. The van der Waals surface area contributed by atoms with Crippen LogP contribution in [0.2, 0.25) is 0 Å². The molecule has 0 aliphatic rings. The number of hydrogen-bond acceptors (Lipinski definition) is 3. The molecular formula is C15H20O3. The Morgan fingerprint density at radius 1 is 1.17 bits per heavy atom. The van der Waals surface area contributed by atoms with Gasteiger partial charge in [0.1, 0.15) is 11.3 Å². The molecule has 0 saturated heterocycles. The maximum Gasteiger partial charge on any atom is 0.342 e. The summed E-state index contributed by atoms with van der Waals surface area (Å²) in [6.45, 7) is 9.50. The Labute approximate surface area is 107 Å². The lowest BCUT2D eigenvalue weighted by Crippen LogP contribution is -2.04. The second kappa shape index (κ2) is 5.71. The van der Waals surface area contributed by atoms with Crippen molar-refractivity contribution < 1.29 is 9.52 Å². The molecule has 0 spiro atoms. The van der Waals surface area contributed by atoms with E-state index in [1.165, 1.54) is 0 Å². The summed E-state index contributed by atoms with van der Waals surface area (Å²) in [6, 6.07) is 3.75. The maximum atomic E-state index is 11.5. The van der Waals surface area contributed by atoms with Gasteiger partial charge in [-0.25, -0.2) is 4.79 Å². The molecule has 1 aromatic carbocycles. The molecule has 0 fully saturated rings. The van der Waals surface area contributed by atoms with Crippen LogP contribution in [0, 0.1) is 13.8 Å². The molecule has 2 aromatic rings. The Balaban J connectivity index is 0.000000771. The van der Waals surface area contributed by atoms with E-state index in [1.54, 1.807) is 13.0 Å². The minimum Gasteiger partial charge on any atom is -0.507 e. The summed E-state index contributed by atoms with van der Waals surface area (Å²) in [5.41, 5.74) is 2.33. The molecule has 0 aliphatic carbocycles. The van der Waals surface area contributed by atoms with Crippen molar-refractivity contribution in [2.75, 3.05) is 0 Å². The molecule has 0 saturated carbocycles. The fraction of sp³-hybridized carbons (Fsp3) is 0.400. The summed E-state index contributed by atoms with van der Waals surface area (Å²) in [6.07, 6.45) is 0.875. The average molecular weight is 248 g/mol. The first kappa shape index (κ1) is 14.3. The lowest BCUT2D eigenvalue weighted by Gasteiger charge is -2.08. The molecular weight excluding hydrogens is 228 g/mol. The second-order valence-electron chi connectivity index (χ2n) is 3.94. The highest BCUT2D eigenvalue weighted by Gasteiger charge is 2.12. The normalized spacial score (nSPS) is 10.1. The number of benzene rings is 1. The first-order valence-electron chi connectivity index (χ1n) is 6.31. The quantitative estimate of drug-likeness (QED) is 0.783. The van der Waals surface area contributed by atoms with Crippen LogP contribution >= 0.6 is 0 Å². The summed E-state index contributed by atoms with van der Waals surface area (Å²) < 4.78 is 5.23. The Morgan fingerprint density at radius 3 is 2.33 bits per heavy atom. The number of aromatic hydroxyl groups is 1.